The molecule has 1 aromatic heterocycles. The SMILES string of the molecule is O=C1CC[C@]2(CCCN(C(=O)c3ccccn3)CC2)N1. The summed E-state index contributed by atoms with van der Waals surface area (Å²) in [6, 6.07) is 5.39. The van der Waals surface area contributed by atoms with Gasteiger partial charge in [0.15, 0.2) is 0 Å². The second-order valence-electron chi connectivity index (χ2n) is 5.69. The molecule has 2 fully saturated rings. The van der Waals surface area contributed by atoms with E-state index in [2.05, 4.69) is 10.3 Å². The molecule has 5 heteroatoms. The minimum Gasteiger partial charge on any atom is -0.351 e. The lowest BCUT2D eigenvalue weighted by Crippen LogP contribution is -2.42. The first-order valence-corrected chi connectivity index (χ1v) is 7.20. The summed E-state index contributed by atoms with van der Waals surface area (Å²) in [4.78, 5) is 29.8. The van der Waals surface area contributed by atoms with Gasteiger partial charge < -0.3 is 10.2 Å². The Hall–Kier alpha value is -1.91. The zero-order valence-electron chi connectivity index (χ0n) is 11.5. The van der Waals surface area contributed by atoms with Crippen LogP contribution in [-0.2, 0) is 4.79 Å². The van der Waals surface area contributed by atoms with Crippen LogP contribution in [0.15, 0.2) is 24.4 Å². The third-order valence-electron chi connectivity index (χ3n) is 4.35. The van der Waals surface area contributed by atoms with Gasteiger partial charge in [-0.3, -0.25) is 14.6 Å². The fourth-order valence-electron chi connectivity index (χ4n) is 3.20. The van der Waals surface area contributed by atoms with Crippen molar-refractivity contribution in [1.29, 1.82) is 0 Å². The molecule has 20 heavy (non-hydrogen) atoms. The van der Waals surface area contributed by atoms with Crippen molar-refractivity contribution in [3.8, 4) is 0 Å². The van der Waals surface area contributed by atoms with E-state index < -0.39 is 0 Å². The Balaban J connectivity index is 1.69. The third-order valence-corrected chi connectivity index (χ3v) is 4.35. The smallest absolute Gasteiger partial charge is 0.272 e. The number of amides is 2. The lowest BCUT2D eigenvalue weighted by atomic mass is 9.89. The predicted molar refractivity (Wildman–Crippen MR) is 74.1 cm³/mol. The highest BCUT2D eigenvalue weighted by molar-refractivity contribution is 5.92. The maximum atomic E-state index is 12.4. The van der Waals surface area contributed by atoms with Gasteiger partial charge in [0.05, 0.1) is 0 Å². The van der Waals surface area contributed by atoms with E-state index in [1.165, 1.54) is 0 Å². The monoisotopic (exact) mass is 273 g/mol. The fraction of sp³-hybridized carbons (Fsp3) is 0.533. The van der Waals surface area contributed by atoms with E-state index in [0.29, 0.717) is 18.7 Å². The van der Waals surface area contributed by atoms with Gasteiger partial charge in [-0.1, -0.05) is 6.07 Å². The maximum absolute atomic E-state index is 12.4. The first kappa shape index (κ1) is 13.1. The van der Waals surface area contributed by atoms with Gasteiger partial charge in [0, 0.05) is 31.2 Å². The first-order chi connectivity index (χ1) is 9.69. The van der Waals surface area contributed by atoms with Crippen LogP contribution in [-0.4, -0.2) is 40.3 Å². The van der Waals surface area contributed by atoms with E-state index in [1.807, 2.05) is 17.0 Å². The summed E-state index contributed by atoms with van der Waals surface area (Å²) in [5, 5.41) is 3.12. The van der Waals surface area contributed by atoms with Crippen molar-refractivity contribution in [3.05, 3.63) is 30.1 Å². The van der Waals surface area contributed by atoms with E-state index in [9.17, 15) is 9.59 Å². The Labute approximate surface area is 118 Å². The zero-order chi connectivity index (χ0) is 14.0. The first-order valence-electron chi connectivity index (χ1n) is 7.20. The number of nitrogens with one attached hydrogen (secondary N) is 1. The molecule has 1 N–H and O–H groups in total. The molecule has 106 valence electrons. The highest BCUT2D eigenvalue weighted by atomic mass is 16.2. The zero-order valence-corrected chi connectivity index (χ0v) is 11.5. The van der Waals surface area contributed by atoms with Crippen molar-refractivity contribution < 1.29 is 9.59 Å². The molecule has 1 spiro atoms. The minimum atomic E-state index is -0.0732. The maximum Gasteiger partial charge on any atom is 0.272 e. The van der Waals surface area contributed by atoms with Crippen molar-refractivity contribution in [1.82, 2.24) is 15.2 Å². The molecule has 2 saturated heterocycles. The average molecular weight is 273 g/mol. The highest BCUT2D eigenvalue weighted by Gasteiger charge is 2.39. The van der Waals surface area contributed by atoms with E-state index in [1.54, 1.807) is 12.3 Å². The molecule has 0 radical (unpaired) electrons. The van der Waals surface area contributed by atoms with Crippen LogP contribution in [0, 0.1) is 0 Å². The van der Waals surface area contributed by atoms with Crippen LogP contribution >= 0.6 is 0 Å². The van der Waals surface area contributed by atoms with E-state index in [4.69, 9.17) is 0 Å². The second kappa shape index (κ2) is 5.23. The molecule has 0 aromatic carbocycles. The molecule has 1 aromatic rings. The van der Waals surface area contributed by atoms with Gasteiger partial charge in [0.25, 0.3) is 5.91 Å². The Kier molecular flexibility index (Phi) is 3.42. The molecule has 0 unspecified atom stereocenters. The lowest BCUT2D eigenvalue weighted by Gasteiger charge is -2.27. The standard InChI is InChI=1S/C15H19N3O2/c19-13-5-7-15(17-13)6-3-10-18(11-8-15)14(20)12-4-1-2-9-16-12/h1-2,4,9H,3,5-8,10-11H2,(H,17,19)/t15-/m0/s1. The number of nitrogens with zero attached hydrogens (tertiary/aromatic N) is 2. The minimum absolute atomic E-state index is 0.00743. The van der Waals surface area contributed by atoms with Gasteiger partial charge in [-0.2, -0.15) is 0 Å². The highest BCUT2D eigenvalue weighted by Crippen LogP contribution is 2.31. The van der Waals surface area contributed by atoms with Crippen molar-refractivity contribution in [3.63, 3.8) is 0 Å². The van der Waals surface area contributed by atoms with Gasteiger partial charge in [0.1, 0.15) is 5.69 Å². The third kappa shape index (κ3) is 2.53. The van der Waals surface area contributed by atoms with Gasteiger partial charge in [0.2, 0.25) is 5.91 Å². The molecule has 2 aliphatic heterocycles. The summed E-state index contributed by atoms with van der Waals surface area (Å²) >= 11 is 0. The molecule has 3 rings (SSSR count). The summed E-state index contributed by atoms with van der Waals surface area (Å²) in [5.41, 5.74) is 0.426. The molecular weight excluding hydrogens is 254 g/mol. The fourth-order valence-corrected chi connectivity index (χ4v) is 3.20. The van der Waals surface area contributed by atoms with Crippen LogP contribution in [0.4, 0.5) is 0 Å². The normalized spacial score (nSPS) is 26.4. The van der Waals surface area contributed by atoms with Crippen molar-refractivity contribution in [2.45, 2.75) is 37.6 Å². The topological polar surface area (TPSA) is 62.3 Å². The molecule has 0 bridgehead atoms. The number of aromatic nitrogens is 1. The van der Waals surface area contributed by atoms with E-state index in [-0.39, 0.29) is 17.4 Å². The van der Waals surface area contributed by atoms with Gasteiger partial charge in [-0.15, -0.1) is 0 Å². The quantitative estimate of drug-likeness (QED) is 0.840. The molecule has 0 saturated carbocycles. The Morgan fingerprint density at radius 1 is 1.25 bits per heavy atom. The number of likely N-dealkylation sites (tertiary alicyclic amines) is 1. The number of hydrogen-bond donors (Lipinski definition) is 1. The summed E-state index contributed by atoms with van der Waals surface area (Å²) in [6.07, 6.45) is 5.90. The Morgan fingerprint density at radius 2 is 2.15 bits per heavy atom. The van der Waals surface area contributed by atoms with Crippen molar-refractivity contribution >= 4 is 11.8 Å². The summed E-state index contributed by atoms with van der Waals surface area (Å²) < 4.78 is 0. The summed E-state index contributed by atoms with van der Waals surface area (Å²) in [7, 11) is 0. The molecule has 3 heterocycles. The predicted octanol–water partition coefficient (Wildman–Crippen LogP) is 1.36. The van der Waals surface area contributed by atoms with Crippen molar-refractivity contribution in [2.75, 3.05) is 13.1 Å². The Bertz CT molecular complexity index is 517. The number of carbonyl (C=O) groups is 2. The Morgan fingerprint density at radius 3 is 2.85 bits per heavy atom. The lowest BCUT2D eigenvalue weighted by molar-refractivity contribution is -0.119. The van der Waals surface area contributed by atoms with Crippen LogP contribution in [0.25, 0.3) is 0 Å². The molecular formula is C15H19N3O2. The average Bonchev–Trinajstić information content (AvgIpc) is 2.71. The van der Waals surface area contributed by atoms with Crippen LogP contribution in [0.3, 0.4) is 0 Å². The number of rotatable bonds is 1. The molecule has 2 aliphatic rings. The van der Waals surface area contributed by atoms with Crippen molar-refractivity contribution in [2.24, 2.45) is 0 Å². The molecule has 1 atom stereocenters. The summed E-state index contributed by atoms with van der Waals surface area (Å²) in [5.74, 6) is 0.140. The molecule has 0 aliphatic carbocycles. The van der Waals surface area contributed by atoms with Gasteiger partial charge in [-0.05, 0) is 37.8 Å². The van der Waals surface area contributed by atoms with E-state index >= 15 is 0 Å². The number of hydrogen-bond acceptors (Lipinski definition) is 3. The number of pyridine rings is 1. The van der Waals surface area contributed by atoms with Crippen LogP contribution in [0.5, 0.6) is 0 Å². The van der Waals surface area contributed by atoms with Crippen LogP contribution < -0.4 is 5.32 Å². The molecule has 5 nitrogen and oxygen atoms in total. The molecule has 2 amide bonds. The summed E-state index contributed by atoms with van der Waals surface area (Å²) in [6.45, 7) is 1.43. The second-order valence-corrected chi connectivity index (χ2v) is 5.69. The van der Waals surface area contributed by atoms with Crippen LogP contribution in [0.1, 0.15) is 42.6 Å². The number of carbonyl (C=O) groups excluding carboxylic acids is 2. The van der Waals surface area contributed by atoms with Crippen LogP contribution in [0.2, 0.25) is 0 Å². The largest absolute Gasteiger partial charge is 0.351 e. The van der Waals surface area contributed by atoms with Gasteiger partial charge in [-0.25, -0.2) is 0 Å². The van der Waals surface area contributed by atoms with Gasteiger partial charge >= 0.3 is 0 Å². The van der Waals surface area contributed by atoms with E-state index in [0.717, 1.165) is 32.2 Å².